The van der Waals surface area contributed by atoms with Gasteiger partial charge in [-0.05, 0) is 32.3 Å². The van der Waals surface area contributed by atoms with Crippen LogP contribution in [0.4, 0.5) is 0 Å². The van der Waals surface area contributed by atoms with E-state index in [-0.39, 0.29) is 29.6 Å². The molecule has 8 heteroatoms. The number of esters is 1. The van der Waals surface area contributed by atoms with E-state index in [0.717, 1.165) is 6.08 Å². The molecule has 30 heavy (non-hydrogen) atoms. The Hall–Kier alpha value is -2.71. The number of aliphatic carboxylic acids is 1. The maximum Gasteiger partial charge on any atom is 0.338 e. The normalized spacial score (nSPS) is 35.0. The molecule has 0 amide bonds. The third-order valence-corrected chi connectivity index (χ3v) is 5.64. The smallest absolute Gasteiger partial charge is 0.338 e. The number of allylic oxidation sites excluding steroid dienone is 5. The summed E-state index contributed by atoms with van der Waals surface area (Å²) in [5.41, 5.74) is 0.149. The predicted molar refractivity (Wildman–Crippen MR) is 105 cm³/mol. The molecule has 3 aliphatic rings. The molecule has 2 aliphatic heterocycles. The van der Waals surface area contributed by atoms with Crippen molar-refractivity contribution in [2.75, 3.05) is 0 Å². The number of hydrogen-bond acceptors (Lipinski definition) is 7. The van der Waals surface area contributed by atoms with Crippen molar-refractivity contribution < 1.29 is 39.2 Å². The van der Waals surface area contributed by atoms with Crippen molar-refractivity contribution in [2.45, 2.75) is 57.0 Å². The molecule has 0 aromatic rings. The van der Waals surface area contributed by atoms with Crippen LogP contribution in [-0.2, 0) is 23.9 Å². The lowest BCUT2D eigenvalue weighted by atomic mass is 9.69. The lowest BCUT2D eigenvalue weighted by Gasteiger charge is -2.38. The molecule has 162 valence electrons. The fraction of sp³-hybridized carbons (Fsp3) is 0.500. The van der Waals surface area contributed by atoms with E-state index >= 15 is 0 Å². The van der Waals surface area contributed by atoms with E-state index in [1.54, 1.807) is 19.1 Å². The van der Waals surface area contributed by atoms with E-state index in [0.29, 0.717) is 19.3 Å². The summed E-state index contributed by atoms with van der Waals surface area (Å²) in [6.45, 7) is 1.77. The number of ketones is 1. The van der Waals surface area contributed by atoms with Gasteiger partial charge in [0.05, 0.1) is 29.8 Å². The summed E-state index contributed by atoms with van der Waals surface area (Å²) >= 11 is 0. The Bertz CT molecular complexity index is 821. The van der Waals surface area contributed by atoms with Crippen LogP contribution < -0.4 is 0 Å². The number of rotatable bonds is 4. The fourth-order valence-corrected chi connectivity index (χ4v) is 4.30. The monoisotopic (exact) mass is 418 g/mol. The van der Waals surface area contributed by atoms with Crippen molar-refractivity contribution >= 4 is 17.7 Å². The first-order valence-electron chi connectivity index (χ1n) is 10.0. The summed E-state index contributed by atoms with van der Waals surface area (Å²) in [5, 5.41) is 29.7. The molecule has 1 saturated heterocycles. The van der Waals surface area contributed by atoms with Gasteiger partial charge in [-0.15, -0.1) is 0 Å². The average molecular weight is 418 g/mol. The van der Waals surface area contributed by atoms with E-state index in [1.807, 2.05) is 0 Å². The van der Waals surface area contributed by atoms with Crippen LogP contribution >= 0.6 is 0 Å². The van der Waals surface area contributed by atoms with Crippen LogP contribution in [0.3, 0.4) is 0 Å². The Morgan fingerprint density at radius 3 is 2.47 bits per heavy atom. The van der Waals surface area contributed by atoms with Gasteiger partial charge in [-0.3, -0.25) is 4.79 Å². The van der Waals surface area contributed by atoms with Gasteiger partial charge in [0, 0.05) is 18.4 Å². The Morgan fingerprint density at radius 1 is 1.00 bits per heavy atom. The number of aliphatic hydroxyl groups excluding tert-OH is 2. The number of aliphatic hydroxyl groups is 2. The van der Waals surface area contributed by atoms with Crippen molar-refractivity contribution in [3.8, 4) is 0 Å². The molecule has 8 nitrogen and oxygen atoms in total. The maximum absolute atomic E-state index is 12.9. The molecule has 3 rings (SSSR count). The summed E-state index contributed by atoms with van der Waals surface area (Å²) < 4.78 is 11.4. The summed E-state index contributed by atoms with van der Waals surface area (Å²) in [4.78, 5) is 36.1. The standard InChI is InChI=1S/C22H26O8/c1-12-7-6-8-13(23)18-14(24)11-15(25)21-20(18)19(22(28)29-12)16(30-21)9-4-2-3-5-10-17(26)27/h2-5,9-10,12-13,15,18,20-21,23,25H,6-8,11H2,1H3,(H,26,27)/b3-2+,9-4+,10-5+. The zero-order valence-corrected chi connectivity index (χ0v) is 16.6. The Morgan fingerprint density at radius 2 is 1.73 bits per heavy atom. The molecule has 1 aliphatic carbocycles. The minimum Gasteiger partial charge on any atom is -0.486 e. The molecule has 0 radical (unpaired) electrons. The van der Waals surface area contributed by atoms with Gasteiger partial charge in [0.25, 0.3) is 0 Å². The zero-order valence-electron chi connectivity index (χ0n) is 16.6. The Kier molecular flexibility index (Phi) is 6.89. The second-order valence-electron chi connectivity index (χ2n) is 7.81. The van der Waals surface area contributed by atoms with Crippen LogP contribution in [0, 0.1) is 11.8 Å². The highest BCUT2D eigenvalue weighted by atomic mass is 16.5. The maximum atomic E-state index is 12.9. The molecule has 1 saturated carbocycles. The largest absolute Gasteiger partial charge is 0.486 e. The summed E-state index contributed by atoms with van der Waals surface area (Å²) in [5.74, 6) is -3.43. The highest BCUT2D eigenvalue weighted by molar-refractivity contribution is 5.94. The SMILES string of the molecule is CC1CCCC(O)C2C(=O)CC(O)C3OC(/C=C/C=C/C=C/C(=O)O)=C(C(=O)O1)C32. The fourth-order valence-electron chi connectivity index (χ4n) is 4.30. The topological polar surface area (TPSA) is 130 Å². The first-order chi connectivity index (χ1) is 14.3. The lowest BCUT2D eigenvalue weighted by molar-refractivity contribution is -0.150. The number of carbonyl (C=O) groups excluding carboxylic acids is 2. The number of carboxylic acid groups (broad SMARTS) is 1. The first-order valence-corrected chi connectivity index (χ1v) is 10.0. The molecule has 3 N–H and O–H groups in total. The van der Waals surface area contributed by atoms with E-state index in [1.165, 1.54) is 18.2 Å². The number of carboxylic acids is 1. The van der Waals surface area contributed by atoms with Gasteiger partial charge in [0.15, 0.2) is 0 Å². The Balaban J connectivity index is 1.97. The second-order valence-corrected chi connectivity index (χ2v) is 7.81. The van der Waals surface area contributed by atoms with Crippen molar-refractivity contribution in [3.05, 3.63) is 47.8 Å². The van der Waals surface area contributed by atoms with Crippen LogP contribution in [0.1, 0.15) is 32.6 Å². The van der Waals surface area contributed by atoms with Gasteiger partial charge in [-0.25, -0.2) is 9.59 Å². The second kappa shape index (κ2) is 9.40. The van der Waals surface area contributed by atoms with Crippen molar-refractivity contribution in [2.24, 2.45) is 11.8 Å². The van der Waals surface area contributed by atoms with Gasteiger partial charge in [-0.2, -0.15) is 0 Å². The summed E-state index contributed by atoms with van der Waals surface area (Å²) in [6.07, 6.45) is 6.67. The molecule has 0 spiro atoms. The lowest BCUT2D eigenvalue weighted by Crippen LogP contribution is -2.51. The average Bonchev–Trinajstić information content (AvgIpc) is 3.03. The highest BCUT2D eigenvalue weighted by Gasteiger charge is 2.55. The van der Waals surface area contributed by atoms with Crippen LogP contribution in [0.25, 0.3) is 0 Å². The zero-order chi connectivity index (χ0) is 21.8. The van der Waals surface area contributed by atoms with Crippen molar-refractivity contribution in [3.63, 3.8) is 0 Å². The molecule has 0 aromatic heterocycles. The highest BCUT2D eigenvalue weighted by Crippen LogP contribution is 2.46. The quantitative estimate of drug-likeness (QED) is 0.355. The van der Waals surface area contributed by atoms with Crippen molar-refractivity contribution in [1.82, 2.24) is 0 Å². The van der Waals surface area contributed by atoms with E-state index in [9.17, 15) is 24.6 Å². The third-order valence-electron chi connectivity index (χ3n) is 5.64. The molecule has 6 unspecified atom stereocenters. The third kappa shape index (κ3) is 4.71. The van der Waals surface area contributed by atoms with E-state index < -0.39 is 42.1 Å². The summed E-state index contributed by atoms with van der Waals surface area (Å²) in [6, 6.07) is 0. The number of hydrogen-bond donors (Lipinski definition) is 3. The van der Waals surface area contributed by atoms with Crippen LogP contribution in [0.5, 0.6) is 0 Å². The molecule has 2 heterocycles. The molecular weight excluding hydrogens is 392 g/mol. The van der Waals surface area contributed by atoms with Gasteiger partial charge < -0.3 is 24.8 Å². The van der Waals surface area contributed by atoms with Gasteiger partial charge >= 0.3 is 11.9 Å². The van der Waals surface area contributed by atoms with E-state index in [2.05, 4.69) is 0 Å². The number of Topliss-reactive ketones (excluding diaryl/α,β-unsaturated/α-hetero) is 1. The van der Waals surface area contributed by atoms with Crippen LogP contribution in [-0.4, -0.2) is 57.5 Å². The van der Waals surface area contributed by atoms with Gasteiger partial charge in [0.2, 0.25) is 0 Å². The van der Waals surface area contributed by atoms with Gasteiger partial charge in [0.1, 0.15) is 17.6 Å². The Labute approximate surface area is 174 Å². The molecule has 0 aromatic carbocycles. The van der Waals surface area contributed by atoms with Crippen LogP contribution in [0.2, 0.25) is 0 Å². The van der Waals surface area contributed by atoms with Crippen molar-refractivity contribution in [1.29, 1.82) is 0 Å². The van der Waals surface area contributed by atoms with Crippen LogP contribution in [0.15, 0.2) is 47.8 Å². The number of cyclic esters (lactones) is 1. The van der Waals surface area contributed by atoms with E-state index in [4.69, 9.17) is 14.6 Å². The number of ether oxygens (including phenoxy) is 2. The molecular formula is C22H26O8. The molecule has 2 fully saturated rings. The predicted octanol–water partition coefficient (Wildman–Crippen LogP) is 1.44. The minimum absolute atomic E-state index is 0.140. The summed E-state index contributed by atoms with van der Waals surface area (Å²) in [7, 11) is 0. The first kappa shape index (κ1) is 22.0. The number of carbonyl (C=O) groups is 3. The van der Waals surface area contributed by atoms with Gasteiger partial charge in [-0.1, -0.05) is 24.3 Å². The molecule has 0 bridgehead atoms. The minimum atomic E-state index is -1.09. The molecule has 6 atom stereocenters.